The summed E-state index contributed by atoms with van der Waals surface area (Å²) < 4.78 is 13.4. The molecule has 0 saturated carbocycles. The lowest BCUT2D eigenvalue weighted by molar-refractivity contribution is 0.673. The first-order chi connectivity index (χ1) is 27.7. The molecule has 2 N–H and O–H groups in total. The third kappa shape index (κ3) is 4.04. The van der Waals surface area contributed by atoms with Crippen LogP contribution >= 0.6 is 0 Å². The van der Waals surface area contributed by atoms with Crippen LogP contribution in [-0.2, 0) is 0 Å². The summed E-state index contributed by atoms with van der Waals surface area (Å²) in [5.41, 5.74) is 12.3. The summed E-state index contributed by atoms with van der Waals surface area (Å²) in [5.74, 6) is 0. The summed E-state index contributed by atoms with van der Waals surface area (Å²) in [6.07, 6.45) is 2.87. The summed E-state index contributed by atoms with van der Waals surface area (Å²) in [6, 6.07) is 57.3. The maximum absolute atomic E-state index is 9.05. The van der Waals surface area contributed by atoms with E-state index >= 15 is 0 Å². The van der Waals surface area contributed by atoms with E-state index < -0.39 is 0 Å². The Morgan fingerprint density at radius 2 is 0.893 bits per heavy atom. The quantitative estimate of drug-likeness (QED) is 0.171. The number of aromatic nitrogens is 3. The SMILES string of the molecule is N=Cc1cc(-n2c3ccccc3c3cc(-n4c5ccccc5c5ccccc54)ccc32)c(C=N)c(-n2c3ccccc3c3c4oc5ccccc5c4ccc32)c1. The smallest absolute Gasteiger partial charge is 0.145 e. The highest BCUT2D eigenvalue weighted by Gasteiger charge is 2.23. The van der Waals surface area contributed by atoms with Crippen molar-refractivity contribution in [2.24, 2.45) is 0 Å². The molecule has 0 radical (unpaired) electrons. The number of hydrogen-bond acceptors (Lipinski definition) is 3. The molecule has 12 aromatic rings. The van der Waals surface area contributed by atoms with Gasteiger partial charge in [0, 0.05) is 61.4 Å². The second-order valence-electron chi connectivity index (χ2n) is 14.5. The number of nitrogens with zero attached hydrogens (tertiary/aromatic N) is 3. The normalized spacial score (nSPS) is 12.1. The van der Waals surface area contributed by atoms with Crippen LogP contribution in [-0.4, -0.2) is 26.1 Å². The standard InChI is InChI=1S/C50H31N5O/c51-28-30-25-46(39(29-52)47(26-30)55-43-19-9-4-15-37(43)49-45(55)24-22-36-35-14-5-10-20-48(35)56-50(36)49)54-42-18-8-3-13-34(42)38-27-31(21-23-44(38)54)53-40-16-6-1-11-32(40)33-12-2-7-17-41(33)53/h1-29,51-52H. The first-order valence-electron chi connectivity index (χ1n) is 18.8. The minimum Gasteiger partial charge on any atom is -0.455 e. The van der Waals surface area contributed by atoms with Gasteiger partial charge in [-0.1, -0.05) is 91.0 Å². The monoisotopic (exact) mass is 717 g/mol. The second-order valence-corrected chi connectivity index (χ2v) is 14.5. The van der Waals surface area contributed by atoms with Gasteiger partial charge in [0.15, 0.2) is 0 Å². The van der Waals surface area contributed by atoms with E-state index in [1.807, 2.05) is 30.3 Å². The van der Waals surface area contributed by atoms with Crippen LogP contribution in [0.3, 0.4) is 0 Å². The van der Waals surface area contributed by atoms with Gasteiger partial charge in [-0.2, -0.15) is 0 Å². The van der Waals surface area contributed by atoms with Crippen LogP contribution in [0, 0.1) is 10.8 Å². The molecule has 4 aromatic heterocycles. The highest BCUT2D eigenvalue weighted by Crippen LogP contribution is 2.43. The van der Waals surface area contributed by atoms with Gasteiger partial charge in [0.2, 0.25) is 0 Å². The molecule has 0 aliphatic carbocycles. The molecular weight excluding hydrogens is 687 g/mol. The van der Waals surface area contributed by atoms with Gasteiger partial charge >= 0.3 is 0 Å². The van der Waals surface area contributed by atoms with Crippen LogP contribution in [0.15, 0.2) is 168 Å². The van der Waals surface area contributed by atoms with Crippen molar-refractivity contribution in [1.29, 1.82) is 10.8 Å². The highest BCUT2D eigenvalue weighted by molar-refractivity contribution is 6.24. The summed E-state index contributed by atoms with van der Waals surface area (Å²) in [5, 5.41) is 26.5. The third-order valence-electron chi connectivity index (χ3n) is 11.6. The maximum Gasteiger partial charge on any atom is 0.145 e. The molecule has 0 aliphatic heterocycles. The molecule has 56 heavy (non-hydrogen) atoms. The van der Waals surface area contributed by atoms with Gasteiger partial charge in [0.25, 0.3) is 0 Å². The van der Waals surface area contributed by atoms with Crippen molar-refractivity contribution >= 4 is 99.8 Å². The number of fused-ring (bicyclic) bond motifs is 13. The molecule has 8 aromatic carbocycles. The van der Waals surface area contributed by atoms with Crippen molar-refractivity contribution in [2.75, 3.05) is 0 Å². The first kappa shape index (κ1) is 30.7. The van der Waals surface area contributed by atoms with Gasteiger partial charge in [0.1, 0.15) is 11.2 Å². The molecule has 0 aliphatic rings. The summed E-state index contributed by atoms with van der Waals surface area (Å²) >= 11 is 0. The molecule has 0 atom stereocenters. The van der Waals surface area contributed by atoms with Crippen LogP contribution in [0.5, 0.6) is 0 Å². The van der Waals surface area contributed by atoms with Gasteiger partial charge in [-0.3, -0.25) is 0 Å². The molecular formula is C50H31N5O. The molecule has 0 saturated heterocycles. The fraction of sp³-hybridized carbons (Fsp3) is 0. The average molecular weight is 718 g/mol. The Labute approximate surface area is 319 Å². The largest absolute Gasteiger partial charge is 0.455 e. The van der Waals surface area contributed by atoms with E-state index in [9.17, 15) is 0 Å². The molecule has 12 rings (SSSR count). The number of nitrogens with one attached hydrogen (secondary N) is 2. The lowest BCUT2D eigenvalue weighted by Gasteiger charge is -2.18. The van der Waals surface area contributed by atoms with Gasteiger partial charge < -0.3 is 28.9 Å². The van der Waals surface area contributed by atoms with E-state index in [0.717, 1.165) is 105 Å². The summed E-state index contributed by atoms with van der Waals surface area (Å²) in [4.78, 5) is 0. The van der Waals surface area contributed by atoms with Gasteiger partial charge in [0.05, 0.1) is 49.9 Å². The van der Waals surface area contributed by atoms with Crippen molar-refractivity contribution in [3.8, 4) is 17.1 Å². The number of benzene rings is 8. The van der Waals surface area contributed by atoms with Crippen LogP contribution < -0.4 is 0 Å². The molecule has 4 heterocycles. The Balaban J connectivity index is 1.15. The molecule has 0 spiro atoms. The third-order valence-corrected chi connectivity index (χ3v) is 11.6. The maximum atomic E-state index is 9.05. The van der Waals surface area contributed by atoms with Crippen molar-refractivity contribution in [1.82, 2.24) is 13.7 Å². The van der Waals surface area contributed by atoms with E-state index in [1.54, 1.807) is 0 Å². The van der Waals surface area contributed by atoms with Crippen molar-refractivity contribution in [2.45, 2.75) is 0 Å². The predicted octanol–water partition coefficient (Wildman–Crippen LogP) is 12.9. The second kappa shape index (κ2) is 11.4. The fourth-order valence-electron chi connectivity index (χ4n) is 9.30. The molecule has 0 amide bonds. The number of furan rings is 1. The first-order valence-corrected chi connectivity index (χ1v) is 18.8. The zero-order chi connectivity index (χ0) is 37.1. The molecule has 6 nitrogen and oxygen atoms in total. The van der Waals surface area contributed by atoms with E-state index in [2.05, 4.69) is 147 Å². The molecule has 0 unspecified atom stereocenters. The number of rotatable bonds is 5. The van der Waals surface area contributed by atoms with Crippen LogP contribution in [0.4, 0.5) is 0 Å². The van der Waals surface area contributed by atoms with E-state index in [4.69, 9.17) is 15.2 Å². The topological polar surface area (TPSA) is 75.6 Å². The molecule has 6 heteroatoms. The van der Waals surface area contributed by atoms with Gasteiger partial charge in [-0.05, 0) is 78.4 Å². The Bertz CT molecular complexity index is 3590. The van der Waals surface area contributed by atoms with Crippen molar-refractivity contribution in [3.63, 3.8) is 0 Å². The summed E-state index contributed by atoms with van der Waals surface area (Å²) in [7, 11) is 0. The minimum absolute atomic E-state index is 0.740. The van der Waals surface area contributed by atoms with Crippen LogP contribution in [0.2, 0.25) is 0 Å². The van der Waals surface area contributed by atoms with E-state index in [-0.39, 0.29) is 0 Å². The van der Waals surface area contributed by atoms with Gasteiger partial charge in [-0.15, -0.1) is 0 Å². The number of hydrogen-bond donors (Lipinski definition) is 2. The lowest BCUT2D eigenvalue weighted by atomic mass is 10.1. The average Bonchev–Trinajstić information content (AvgIpc) is 3.99. The number of para-hydroxylation sites is 5. The zero-order valence-electron chi connectivity index (χ0n) is 30.0. The highest BCUT2D eigenvalue weighted by atomic mass is 16.3. The van der Waals surface area contributed by atoms with Gasteiger partial charge in [-0.25, -0.2) is 0 Å². The molecule has 0 bridgehead atoms. The lowest BCUT2D eigenvalue weighted by Crippen LogP contribution is -2.07. The minimum atomic E-state index is 0.740. The van der Waals surface area contributed by atoms with E-state index in [1.165, 1.54) is 23.2 Å². The fourth-order valence-corrected chi connectivity index (χ4v) is 9.30. The van der Waals surface area contributed by atoms with Crippen LogP contribution in [0.25, 0.3) is 104 Å². The van der Waals surface area contributed by atoms with Crippen molar-refractivity contribution in [3.05, 3.63) is 175 Å². The predicted molar refractivity (Wildman–Crippen MR) is 233 cm³/mol. The Kier molecular flexibility index (Phi) is 6.26. The summed E-state index contributed by atoms with van der Waals surface area (Å²) in [6.45, 7) is 0. The Morgan fingerprint density at radius 3 is 1.54 bits per heavy atom. The molecule has 262 valence electrons. The zero-order valence-corrected chi connectivity index (χ0v) is 30.0. The Hall–Kier alpha value is -7.70. The van der Waals surface area contributed by atoms with Crippen LogP contribution in [0.1, 0.15) is 11.1 Å². The van der Waals surface area contributed by atoms with E-state index in [0.29, 0.717) is 0 Å². The Morgan fingerprint density at radius 1 is 0.393 bits per heavy atom. The van der Waals surface area contributed by atoms with Crippen molar-refractivity contribution < 1.29 is 4.42 Å². The molecule has 0 fully saturated rings.